The second-order valence-electron chi connectivity index (χ2n) is 7.60. The Bertz CT molecular complexity index is 1180. The molecule has 1 N–H and O–H groups in total. The zero-order valence-electron chi connectivity index (χ0n) is 17.0. The number of carbonyl (C=O) groups is 1. The van der Waals surface area contributed by atoms with E-state index in [1.165, 1.54) is 16.1 Å². The van der Waals surface area contributed by atoms with Gasteiger partial charge in [0.15, 0.2) is 0 Å². The molecule has 0 radical (unpaired) electrons. The van der Waals surface area contributed by atoms with Gasteiger partial charge in [-0.05, 0) is 49.1 Å². The van der Waals surface area contributed by atoms with E-state index in [2.05, 4.69) is 10.4 Å². The summed E-state index contributed by atoms with van der Waals surface area (Å²) in [5, 5.41) is 7.23. The lowest BCUT2D eigenvalue weighted by Gasteiger charge is -2.29. The molecule has 0 fully saturated rings. The molecule has 0 atom stereocenters. The largest absolute Gasteiger partial charge is 0.307 e. The van der Waals surface area contributed by atoms with Crippen LogP contribution in [-0.2, 0) is 23.0 Å². The van der Waals surface area contributed by atoms with Crippen molar-refractivity contribution in [2.45, 2.75) is 26.3 Å². The number of fused-ring (bicyclic) bond motifs is 1. The first-order chi connectivity index (χ1) is 14.3. The van der Waals surface area contributed by atoms with Crippen LogP contribution in [0.4, 0.5) is 11.5 Å². The summed E-state index contributed by atoms with van der Waals surface area (Å²) >= 11 is 0. The molecule has 156 valence electrons. The second kappa shape index (κ2) is 7.95. The van der Waals surface area contributed by atoms with E-state index in [1.54, 1.807) is 35.1 Å². The average Bonchev–Trinajstić information content (AvgIpc) is 3.14. The lowest BCUT2D eigenvalue weighted by molar-refractivity contribution is 0.102. The SMILES string of the molecule is Cc1ccc(Cn2nccc2NC(=O)c2ccc3c(c2)CCCN3S(C)(=O)=O)cc1. The summed E-state index contributed by atoms with van der Waals surface area (Å²) in [4.78, 5) is 12.8. The molecule has 4 rings (SSSR count). The van der Waals surface area contributed by atoms with Gasteiger partial charge in [0.2, 0.25) is 10.0 Å². The molecule has 0 spiro atoms. The molecule has 1 aromatic heterocycles. The van der Waals surface area contributed by atoms with Crippen LogP contribution in [0.15, 0.2) is 54.7 Å². The highest BCUT2D eigenvalue weighted by atomic mass is 32.2. The third kappa shape index (κ3) is 4.23. The van der Waals surface area contributed by atoms with E-state index in [1.807, 2.05) is 31.2 Å². The topological polar surface area (TPSA) is 84.3 Å². The average molecular weight is 425 g/mol. The van der Waals surface area contributed by atoms with Crippen molar-refractivity contribution in [3.63, 3.8) is 0 Å². The van der Waals surface area contributed by atoms with Crippen molar-refractivity contribution in [1.29, 1.82) is 0 Å². The number of carbonyl (C=O) groups excluding carboxylic acids is 1. The molecule has 7 nitrogen and oxygen atoms in total. The van der Waals surface area contributed by atoms with Gasteiger partial charge in [0.25, 0.3) is 5.91 Å². The minimum absolute atomic E-state index is 0.250. The zero-order valence-corrected chi connectivity index (χ0v) is 17.8. The summed E-state index contributed by atoms with van der Waals surface area (Å²) in [6, 6.07) is 15.1. The van der Waals surface area contributed by atoms with Crippen molar-refractivity contribution in [2.24, 2.45) is 0 Å². The van der Waals surface area contributed by atoms with Gasteiger partial charge in [-0.25, -0.2) is 13.1 Å². The fraction of sp³-hybridized carbons (Fsp3) is 0.273. The first-order valence-corrected chi connectivity index (χ1v) is 11.7. The van der Waals surface area contributed by atoms with Gasteiger partial charge in [-0.3, -0.25) is 9.10 Å². The summed E-state index contributed by atoms with van der Waals surface area (Å²) in [5.74, 6) is 0.357. The Kier molecular flexibility index (Phi) is 5.34. The minimum Gasteiger partial charge on any atom is -0.307 e. The van der Waals surface area contributed by atoms with E-state index >= 15 is 0 Å². The molecule has 0 aliphatic carbocycles. The van der Waals surface area contributed by atoms with Crippen molar-refractivity contribution in [2.75, 3.05) is 22.4 Å². The fourth-order valence-electron chi connectivity index (χ4n) is 3.67. The van der Waals surface area contributed by atoms with Crippen LogP contribution in [0, 0.1) is 6.92 Å². The lowest BCUT2D eigenvalue weighted by Crippen LogP contribution is -2.34. The number of rotatable bonds is 5. The highest BCUT2D eigenvalue weighted by Gasteiger charge is 2.24. The lowest BCUT2D eigenvalue weighted by atomic mass is 10.0. The van der Waals surface area contributed by atoms with E-state index < -0.39 is 10.0 Å². The summed E-state index contributed by atoms with van der Waals surface area (Å²) in [6.45, 7) is 3.06. The van der Waals surface area contributed by atoms with Crippen molar-refractivity contribution in [3.8, 4) is 0 Å². The highest BCUT2D eigenvalue weighted by molar-refractivity contribution is 7.92. The number of aryl methyl sites for hydroxylation is 2. The van der Waals surface area contributed by atoms with Crippen LogP contribution < -0.4 is 9.62 Å². The number of amides is 1. The molecule has 0 saturated carbocycles. The molecule has 2 heterocycles. The predicted molar refractivity (Wildman–Crippen MR) is 117 cm³/mol. The Morgan fingerprint density at radius 2 is 1.90 bits per heavy atom. The van der Waals surface area contributed by atoms with Crippen molar-refractivity contribution < 1.29 is 13.2 Å². The van der Waals surface area contributed by atoms with E-state index in [9.17, 15) is 13.2 Å². The summed E-state index contributed by atoms with van der Waals surface area (Å²) < 4.78 is 27.2. The summed E-state index contributed by atoms with van der Waals surface area (Å²) in [5.41, 5.74) is 4.30. The molecule has 1 aliphatic rings. The van der Waals surface area contributed by atoms with Crippen LogP contribution in [0.3, 0.4) is 0 Å². The molecule has 0 unspecified atom stereocenters. The zero-order chi connectivity index (χ0) is 21.3. The van der Waals surface area contributed by atoms with Gasteiger partial charge in [-0.2, -0.15) is 5.10 Å². The van der Waals surface area contributed by atoms with Gasteiger partial charge in [-0.1, -0.05) is 29.8 Å². The van der Waals surface area contributed by atoms with Gasteiger partial charge >= 0.3 is 0 Å². The number of hydrogen-bond donors (Lipinski definition) is 1. The van der Waals surface area contributed by atoms with Gasteiger partial charge in [-0.15, -0.1) is 0 Å². The van der Waals surface area contributed by atoms with Crippen LogP contribution in [0.25, 0.3) is 0 Å². The minimum atomic E-state index is -3.33. The smallest absolute Gasteiger partial charge is 0.256 e. The van der Waals surface area contributed by atoms with Crippen molar-refractivity contribution in [3.05, 3.63) is 77.0 Å². The Balaban J connectivity index is 1.53. The monoisotopic (exact) mass is 424 g/mol. The fourth-order valence-corrected chi connectivity index (χ4v) is 4.66. The Morgan fingerprint density at radius 3 is 2.63 bits per heavy atom. The standard InChI is InChI=1S/C22H24N4O3S/c1-16-5-7-17(8-6-16)15-25-21(11-12-23-25)24-22(27)19-9-10-20-18(14-19)4-3-13-26(20)30(2,28)29/h5-12,14H,3-4,13,15H2,1-2H3,(H,24,27). The van der Waals surface area contributed by atoms with Crippen LogP contribution in [0.2, 0.25) is 0 Å². The number of sulfonamides is 1. The first kappa shape index (κ1) is 20.2. The first-order valence-electron chi connectivity index (χ1n) is 9.80. The summed E-state index contributed by atoms with van der Waals surface area (Å²) in [7, 11) is -3.33. The molecule has 0 bridgehead atoms. The highest BCUT2D eigenvalue weighted by Crippen LogP contribution is 2.30. The number of hydrogen-bond acceptors (Lipinski definition) is 4. The molecule has 3 aromatic rings. The Labute approximate surface area is 176 Å². The Morgan fingerprint density at radius 1 is 1.13 bits per heavy atom. The Hall–Kier alpha value is -3.13. The van der Waals surface area contributed by atoms with Crippen LogP contribution in [-0.4, -0.2) is 36.9 Å². The van der Waals surface area contributed by atoms with Crippen molar-refractivity contribution >= 4 is 27.4 Å². The molecular weight excluding hydrogens is 400 g/mol. The van der Waals surface area contributed by atoms with E-state index in [-0.39, 0.29) is 5.91 Å². The van der Waals surface area contributed by atoms with E-state index in [4.69, 9.17) is 0 Å². The van der Waals surface area contributed by atoms with E-state index in [0.29, 0.717) is 30.2 Å². The van der Waals surface area contributed by atoms with Gasteiger partial charge < -0.3 is 5.32 Å². The molecule has 1 amide bonds. The number of benzene rings is 2. The number of nitrogens with zero attached hydrogens (tertiary/aromatic N) is 3. The quantitative estimate of drug-likeness (QED) is 0.682. The number of nitrogens with one attached hydrogen (secondary N) is 1. The third-order valence-electron chi connectivity index (χ3n) is 5.23. The second-order valence-corrected chi connectivity index (χ2v) is 9.50. The molecule has 1 aliphatic heterocycles. The van der Waals surface area contributed by atoms with Crippen LogP contribution in [0.5, 0.6) is 0 Å². The van der Waals surface area contributed by atoms with Gasteiger partial charge in [0, 0.05) is 18.2 Å². The maximum atomic E-state index is 12.8. The van der Waals surface area contributed by atoms with Crippen LogP contribution in [0.1, 0.15) is 33.5 Å². The van der Waals surface area contributed by atoms with Gasteiger partial charge in [0.05, 0.1) is 24.7 Å². The third-order valence-corrected chi connectivity index (χ3v) is 6.41. The molecular formula is C22H24N4O3S. The van der Waals surface area contributed by atoms with Gasteiger partial charge in [0.1, 0.15) is 5.82 Å². The maximum absolute atomic E-state index is 12.8. The van der Waals surface area contributed by atoms with Crippen LogP contribution >= 0.6 is 0 Å². The molecule has 8 heteroatoms. The number of aromatic nitrogens is 2. The predicted octanol–water partition coefficient (Wildman–Crippen LogP) is 3.20. The molecule has 0 saturated heterocycles. The van der Waals surface area contributed by atoms with Crippen molar-refractivity contribution in [1.82, 2.24) is 9.78 Å². The molecule has 2 aromatic carbocycles. The van der Waals surface area contributed by atoms with E-state index in [0.717, 1.165) is 24.0 Å². The maximum Gasteiger partial charge on any atom is 0.256 e. The number of anilines is 2. The normalized spacial score (nSPS) is 13.7. The molecule has 30 heavy (non-hydrogen) atoms. The summed E-state index contributed by atoms with van der Waals surface area (Å²) in [6.07, 6.45) is 4.33.